The molecule has 0 atom stereocenters. The van der Waals surface area contributed by atoms with E-state index in [9.17, 15) is 9.59 Å². The summed E-state index contributed by atoms with van der Waals surface area (Å²) in [6, 6.07) is 8.11. The van der Waals surface area contributed by atoms with Crippen LogP contribution in [0.3, 0.4) is 0 Å². The van der Waals surface area contributed by atoms with Gasteiger partial charge >= 0.3 is 6.03 Å². The molecule has 186 valence electrons. The van der Waals surface area contributed by atoms with Gasteiger partial charge in [-0.3, -0.25) is 20.1 Å². The first-order valence-electron chi connectivity index (χ1n) is 11.3. The van der Waals surface area contributed by atoms with Crippen molar-refractivity contribution in [3.63, 3.8) is 0 Å². The van der Waals surface area contributed by atoms with Crippen LogP contribution in [0.1, 0.15) is 10.4 Å². The summed E-state index contributed by atoms with van der Waals surface area (Å²) in [7, 11) is 0. The zero-order valence-electron chi connectivity index (χ0n) is 19.1. The second kappa shape index (κ2) is 11.0. The largest absolute Gasteiger partial charge is 0.379 e. The number of anilines is 2. The molecule has 4 aromatic rings. The number of carbonyl (C=O) groups is 2. The van der Waals surface area contributed by atoms with Gasteiger partial charge in [-0.25, -0.2) is 14.8 Å². The molecule has 0 radical (unpaired) electrons. The van der Waals surface area contributed by atoms with Gasteiger partial charge in [0.1, 0.15) is 0 Å². The summed E-state index contributed by atoms with van der Waals surface area (Å²) in [6.45, 7) is 4.42. The van der Waals surface area contributed by atoms with E-state index in [1.165, 1.54) is 11.3 Å². The van der Waals surface area contributed by atoms with Gasteiger partial charge in [-0.05, 0) is 24.3 Å². The number of amides is 3. The van der Waals surface area contributed by atoms with Crippen LogP contribution < -0.4 is 16.0 Å². The van der Waals surface area contributed by atoms with Gasteiger partial charge < -0.3 is 15.4 Å². The fraction of sp³-hybridized carbons (Fsp3) is 0.261. The lowest BCUT2D eigenvalue weighted by atomic mass is 10.1. The Bertz CT molecular complexity index is 1380. The Morgan fingerprint density at radius 3 is 2.86 bits per heavy atom. The number of hydrogen-bond acceptors (Lipinski definition) is 8. The summed E-state index contributed by atoms with van der Waals surface area (Å²) >= 11 is 7.20. The normalized spacial score (nSPS) is 14.0. The zero-order chi connectivity index (χ0) is 24.9. The van der Waals surface area contributed by atoms with E-state index in [2.05, 4.69) is 41.0 Å². The van der Waals surface area contributed by atoms with Gasteiger partial charge in [-0.15, -0.1) is 0 Å². The van der Waals surface area contributed by atoms with Gasteiger partial charge in [0.2, 0.25) is 0 Å². The standard InChI is InChI=1S/C23H23ClN8O3S/c24-14-2-1-3-15(10-14)28-22(34)30-23-26-13-19(36-23)18-11-16(17-12-27-31-20(17)29-18)21(33)25-4-5-32-6-8-35-9-7-32/h1-3,10-13H,4-9H2,(H,25,33)(H,27,29,31)(H2,26,28,30,34). The molecule has 5 rings (SSSR count). The minimum absolute atomic E-state index is 0.206. The average Bonchev–Trinajstić information content (AvgIpc) is 3.53. The van der Waals surface area contributed by atoms with E-state index in [4.69, 9.17) is 16.3 Å². The minimum atomic E-state index is -0.449. The molecule has 0 saturated carbocycles. The van der Waals surface area contributed by atoms with Crippen LogP contribution in [0.15, 0.2) is 42.7 Å². The van der Waals surface area contributed by atoms with E-state index in [-0.39, 0.29) is 5.91 Å². The van der Waals surface area contributed by atoms with Crippen LogP contribution in [0.5, 0.6) is 0 Å². The predicted molar refractivity (Wildman–Crippen MR) is 139 cm³/mol. The van der Waals surface area contributed by atoms with Gasteiger partial charge in [-0.2, -0.15) is 5.10 Å². The predicted octanol–water partition coefficient (Wildman–Crippen LogP) is 3.44. The van der Waals surface area contributed by atoms with Crippen molar-refractivity contribution in [2.75, 3.05) is 50.0 Å². The number of H-pyrrole nitrogens is 1. The summed E-state index contributed by atoms with van der Waals surface area (Å²) in [5.41, 5.74) is 2.07. The number of hydrogen-bond donors (Lipinski definition) is 4. The molecule has 1 aliphatic heterocycles. The van der Waals surface area contributed by atoms with Crippen molar-refractivity contribution >= 4 is 56.7 Å². The Labute approximate surface area is 215 Å². The van der Waals surface area contributed by atoms with E-state index in [0.29, 0.717) is 62.8 Å². The highest BCUT2D eigenvalue weighted by molar-refractivity contribution is 7.19. The maximum Gasteiger partial charge on any atom is 0.325 e. The molecule has 0 unspecified atom stereocenters. The molecule has 11 nitrogen and oxygen atoms in total. The van der Waals surface area contributed by atoms with Crippen LogP contribution in [0.25, 0.3) is 21.6 Å². The Morgan fingerprint density at radius 2 is 2.03 bits per heavy atom. The number of fused-ring (bicyclic) bond motifs is 1. The highest BCUT2D eigenvalue weighted by Crippen LogP contribution is 2.30. The number of nitrogens with zero attached hydrogens (tertiary/aromatic N) is 4. The summed E-state index contributed by atoms with van der Waals surface area (Å²) < 4.78 is 5.36. The molecule has 1 aromatic carbocycles. The highest BCUT2D eigenvalue weighted by Gasteiger charge is 2.18. The van der Waals surface area contributed by atoms with Crippen molar-refractivity contribution in [2.24, 2.45) is 0 Å². The third-order valence-electron chi connectivity index (χ3n) is 5.55. The smallest absolute Gasteiger partial charge is 0.325 e. The number of aromatic amines is 1. The maximum absolute atomic E-state index is 13.0. The van der Waals surface area contributed by atoms with Crippen molar-refractivity contribution in [3.05, 3.63) is 53.3 Å². The van der Waals surface area contributed by atoms with Crippen molar-refractivity contribution in [3.8, 4) is 10.6 Å². The number of morpholine rings is 1. The Balaban J connectivity index is 1.27. The van der Waals surface area contributed by atoms with Crippen molar-refractivity contribution < 1.29 is 14.3 Å². The van der Waals surface area contributed by atoms with E-state index >= 15 is 0 Å². The van der Waals surface area contributed by atoms with Gasteiger partial charge in [0.25, 0.3) is 5.91 Å². The molecule has 0 spiro atoms. The Kier molecular flexibility index (Phi) is 7.37. The first-order valence-corrected chi connectivity index (χ1v) is 12.5. The molecule has 0 aliphatic carbocycles. The third-order valence-corrected chi connectivity index (χ3v) is 6.72. The van der Waals surface area contributed by atoms with Crippen LogP contribution in [0.2, 0.25) is 5.02 Å². The monoisotopic (exact) mass is 526 g/mol. The van der Waals surface area contributed by atoms with Gasteiger partial charge in [0.05, 0.1) is 40.9 Å². The summed E-state index contributed by atoms with van der Waals surface area (Å²) in [4.78, 5) is 37.2. The van der Waals surface area contributed by atoms with Crippen LogP contribution in [0.4, 0.5) is 15.6 Å². The molecular weight excluding hydrogens is 504 g/mol. The number of aromatic nitrogens is 4. The number of ether oxygens (including phenoxy) is 1. The first-order chi connectivity index (χ1) is 17.5. The van der Waals surface area contributed by atoms with E-state index < -0.39 is 6.03 Å². The minimum Gasteiger partial charge on any atom is -0.379 e. The van der Waals surface area contributed by atoms with Crippen molar-refractivity contribution in [1.29, 1.82) is 0 Å². The van der Waals surface area contributed by atoms with Crippen molar-refractivity contribution in [2.45, 2.75) is 0 Å². The number of carbonyl (C=O) groups excluding carboxylic acids is 2. The summed E-state index contributed by atoms with van der Waals surface area (Å²) in [5.74, 6) is -0.206. The lowest BCUT2D eigenvalue weighted by molar-refractivity contribution is 0.0383. The molecule has 4 N–H and O–H groups in total. The molecule has 3 amide bonds. The number of rotatable bonds is 7. The SMILES string of the molecule is O=C(Nc1cccc(Cl)c1)Nc1ncc(-c2cc(C(=O)NCCN3CCOCC3)c3cn[nH]c3n2)s1. The Hall–Kier alpha value is -3.58. The molecule has 4 heterocycles. The zero-order valence-corrected chi connectivity index (χ0v) is 20.7. The molecule has 1 aliphatic rings. The Morgan fingerprint density at radius 1 is 1.17 bits per heavy atom. The second-order valence-electron chi connectivity index (χ2n) is 8.02. The van der Waals surface area contributed by atoms with Crippen LogP contribution in [-0.2, 0) is 4.74 Å². The third kappa shape index (κ3) is 5.79. The average molecular weight is 527 g/mol. The molecule has 1 saturated heterocycles. The quantitative estimate of drug-likeness (QED) is 0.289. The summed E-state index contributed by atoms with van der Waals surface area (Å²) in [5, 5.41) is 16.8. The number of urea groups is 1. The van der Waals surface area contributed by atoms with E-state index in [1.54, 1.807) is 42.7 Å². The van der Waals surface area contributed by atoms with Gasteiger partial charge in [0, 0.05) is 43.1 Å². The van der Waals surface area contributed by atoms with Crippen LogP contribution >= 0.6 is 22.9 Å². The maximum atomic E-state index is 13.0. The van der Waals surface area contributed by atoms with E-state index in [1.807, 2.05) is 0 Å². The van der Waals surface area contributed by atoms with Crippen LogP contribution in [-0.4, -0.2) is 76.4 Å². The topological polar surface area (TPSA) is 137 Å². The molecule has 0 bridgehead atoms. The first kappa shape index (κ1) is 24.1. The molecule has 13 heteroatoms. The lowest BCUT2D eigenvalue weighted by Crippen LogP contribution is -2.41. The number of benzene rings is 1. The fourth-order valence-corrected chi connectivity index (χ4v) is 4.73. The van der Waals surface area contributed by atoms with E-state index in [0.717, 1.165) is 19.6 Å². The molecule has 36 heavy (non-hydrogen) atoms. The highest BCUT2D eigenvalue weighted by atomic mass is 35.5. The molecular formula is C23H23ClN8O3S. The molecule has 1 fully saturated rings. The molecule has 3 aromatic heterocycles. The fourth-order valence-electron chi connectivity index (χ4n) is 3.77. The summed E-state index contributed by atoms with van der Waals surface area (Å²) in [6.07, 6.45) is 3.19. The number of nitrogens with one attached hydrogen (secondary N) is 4. The van der Waals surface area contributed by atoms with Crippen molar-refractivity contribution in [1.82, 2.24) is 30.4 Å². The number of pyridine rings is 1. The van der Waals surface area contributed by atoms with Gasteiger partial charge in [0.15, 0.2) is 10.8 Å². The second-order valence-corrected chi connectivity index (χ2v) is 9.48. The lowest BCUT2D eigenvalue weighted by Gasteiger charge is -2.26. The number of thiazole rings is 1. The van der Waals surface area contributed by atoms with Crippen LogP contribution in [0, 0.1) is 0 Å². The van der Waals surface area contributed by atoms with Gasteiger partial charge in [-0.1, -0.05) is 29.0 Å². The number of halogens is 1.